The maximum absolute atomic E-state index is 5.48. The Bertz CT molecular complexity index is 486. The van der Waals surface area contributed by atoms with E-state index in [0.717, 1.165) is 17.1 Å². The normalized spacial score (nSPS) is 10.4. The summed E-state index contributed by atoms with van der Waals surface area (Å²) in [6.45, 7) is 6.94. The second-order valence-corrected chi connectivity index (χ2v) is 3.92. The molecule has 0 saturated heterocycles. The number of aromatic nitrogens is 2. The molecule has 2 aromatic rings. The van der Waals surface area contributed by atoms with Crippen molar-refractivity contribution in [3.63, 3.8) is 0 Å². The van der Waals surface area contributed by atoms with Gasteiger partial charge in [-0.3, -0.25) is 0 Å². The smallest absolute Gasteiger partial charge is 0.213 e. The number of pyridine rings is 1. The molecule has 96 valence electrons. The monoisotopic (exact) mass is 247 g/mol. The zero-order chi connectivity index (χ0) is 13.0. The lowest BCUT2D eigenvalue weighted by atomic mass is 10.4. The van der Waals surface area contributed by atoms with Crippen LogP contribution in [0.3, 0.4) is 0 Å². The zero-order valence-corrected chi connectivity index (χ0v) is 10.9. The highest BCUT2D eigenvalue weighted by Gasteiger charge is 2.05. The van der Waals surface area contributed by atoms with Gasteiger partial charge >= 0.3 is 0 Å². The summed E-state index contributed by atoms with van der Waals surface area (Å²) in [5, 5.41) is 3.20. The Morgan fingerprint density at radius 2 is 2.17 bits per heavy atom. The summed E-state index contributed by atoms with van der Waals surface area (Å²) < 4.78 is 10.8. The van der Waals surface area contributed by atoms with Gasteiger partial charge in [-0.15, -0.1) is 0 Å². The molecule has 0 radical (unpaired) electrons. The molecule has 0 bridgehead atoms. The van der Waals surface area contributed by atoms with Gasteiger partial charge in [0.15, 0.2) is 0 Å². The van der Waals surface area contributed by atoms with Crippen LogP contribution in [0, 0.1) is 13.8 Å². The van der Waals surface area contributed by atoms with Crippen molar-refractivity contribution in [2.75, 3.05) is 11.9 Å². The van der Waals surface area contributed by atoms with Crippen LogP contribution in [0.2, 0.25) is 0 Å². The van der Waals surface area contributed by atoms with Gasteiger partial charge < -0.3 is 14.5 Å². The Morgan fingerprint density at radius 3 is 2.72 bits per heavy atom. The van der Waals surface area contributed by atoms with Gasteiger partial charge in [0.05, 0.1) is 30.7 Å². The van der Waals surface area contributed by atoms with Crippen LogP contribution in [-0.2, 0) is 6.54 Å². The molecule has 18 heavy (non-hydrogen) atoms. The van der Waals surface area contributed by atoms with Crippen molar-refractivity contribution in [1.82, 2.24) is 9.97 Å². The van der Waals surface area contributed by atoms with Crippen LogP contribution in [0.5, 0.6) is 5.88 Å². The minimum absolute atomic E-state index is 0.546. The fourth-order valence-electron chi connectivity index (χ4n) is 1.51. The van der Waals surface area contributed by atoms with Crippen LogP contribution < -0.4 is 10.1 Å². The zero-order valence-electron chi connectivity index (χ0n) is 10.9. The third kappa shape index (κ3) is 3.00. The van der Waals surface area contributed by atoms with Crippen LogP contribution in [0.25, 0.3) is 0 Å². The number of hydrogen-bond acceptors (Lipinski definition) is 5. The van der Waals surface area contributed by atoms with Gasteiger partial charge in [0, 0.05) is 6.07 Å². The molecule has 1 N–H and O–H groups in total. The lowest BCUT2D eigenvalue weighted by Gasteiger charge is -2.05. The molecule has 0 fully saturated rings. The van der Waals surface area contributed by atoms with E-state index < -0.39 is 0 Å². The number of rotatable bonds is 5. The highest BCUT2D eigenvalue weighted by Crippen LogP contribution is 2.14. The third-order valence-corrected chi connectivity index (χ3v) is 2.55. The van der Waals surface area contributed by atoms with Crippen molar-refractivity contribution in [3.8, 4) is 5.88 Å². The first-order valence-electron chi connectivity index (χ1n) is 5.94. The van der Waals surface area contributed by atoms with Crippen molar-refractivity contribution >= 4 is 5.69 Å². The van der Waals surface area contributed by atoms with E-state index in [4.69, 9.17) is 9.15 Å². The van der Waals surface area contributed by atoms with E-state index in [9.17, 15) is 0 Å². The number of aryl methyl sites for hydroxylation is 2. The van der Waals surface area contributed by atoms with Gasteiger partial charge in [0.25, 0.3) is 0 Å². The second-order valence-electron chi connectivity index (χ2n) is 3.92. The molecular weight excluding hydrogens is 230 g/mol. The van der Waals surface area contributed by atoms with Gasteiger partial charge in [0.1, 0.15) is 5.76 Å². The molecular formula is C13H17N3O2. The molecule has 2 rings (SSSR count). The lowest BCUT2D eigenvalue weighted by molar-refractivity contribution is 0.327. The first-order valence-corrected chi connectivity index (χ1v) is 5.94. The summed E-state index contributed by atoms with van der Waals surface area (Å²) in [5.74, 6) is 2.17. The molecule has 5 nitrogen and oxygen atoms in total. The van der Waals surface area contributed by atoms with E-state index in [0.29, 0.717) is 24.9 Å². The summed E-state index contributed by atoms with van der Waals surface area (Å²) in [5.41, 5.74) is 1.84. The van der Waals surface area contributed by atoms with Crippen molar-refractivity contribution in [2.24, 2.45) is 0 Å². The summed E-state index contributed by atoms with van der Waals surface area (Å²) in [7, 11) is 0. The third-order valence-electron chi connectivity index (χ3n) is 2.55. The molecule has 0 unspecified atom stereocenters. The van der Waals surface area contributed by atoms with E-state index in [1.165, 1.54) is 0 Å². The number of ether oxygens (including phenoxy) is 1. The Labute approximate surface area is 106 Å². The lowest BCUT2D eigenvalue weighted by Crippen LogP contribution is -2.01. The highest BCUT2D eigenvalue weighted by atomic mass is 16.5. The first-order chi connectivity index (χ1) is 8.69. The summed E-state index contributed by atoms with van der Waals surface area (Å²) in [6, 6.07) is 3.75. The molecule has 0 aliphatic rings. The molecule has 2 aromatic heterocycles. The van der Waals surface area contributed by atoms with Crippen molar-refractivity contribution in [1.29, 1.82) is 0 Å². The Hall–Kier alpha value is -2.04. The minimum Gasteiger partial charge on any atom is -0.478 e. The van der Waals surface area contributed by atoms with Crippen molar-refractivity contribution < 1.29 is 9.15 Å². The Kier molecular flexibility index (Phi) is 3.82. The van der Waals surface area contributed by atoms with E-state index in [1.807, 2.05) is 32.9 Å². The number of hydrogen-bond donors (Lipinski definition) is 1. The van der Waals surface area contributed by atoms with Gasteiger partial charge in [-0.05, 0) is 26.8 Å². The molecule has 0 spiro atoms. The maximum atomic E-state index is 5.48. The first kappa shape index (κ1) is 12.4. The average molecular weight is 247 g/mol. The quantitative estimate of drug-likeness (QED) is 0.880. The molecule has 0 amide bonds. The maximum Gasteiger partial charge on any atom is 0.213 e. The number of oxazole rings is 1. The second kappa shape index (κ2) is 5.53. The minimum atomic E-state index is 0.546. The largest absolute Gasteiger partial charge is 0.478 e. The van der Waals surface area contributed by atoms with Crippen molar-refractivity contribution in [3.05, 3.63) is 35.7 Å². The van der Waals surface area contributed by atoms with E-state index in [-0.39, 0.29) is 0 Å². The summed E-state index contributed by atoms with van der Waals surface area (Å²) >= 11 is 0. The molecule has 0 aliphatic carbocycles. The van der Waals surface area contributed by atoms with Gasteiger partial charge in [-0.25, -0.2) is 9.97 Å². The van der Waals surface area contributed by atoms with E-state index in [1.54, 1.807) is 6.20 Å². The SMILES string of the molecule is CCOc1ccc(NCc2nc(C)c(C)o2)cn1. The van der Waals surface area contributed by atoms with Crippen LogP contribution in [0.1, 0.15) is 24.3 Å². The fourth-order valence-corrected chi connectivity index (χ4v) is 1.51. The molecule has 0 aromatic carbocycles. The standard InChI is InChI=1S/C13H17N3O2/c1-4-17-12-6-5-11(7-15-12)14-8-13-16-9(2)10(3)18-13/h5-7,14H,4,8H2,1-3H3. The van der Waals surface area contributed by atoms with E-state index in [2.05, 4.69) is 15.3 Å². The Balaban J connectivity index is 1.93. The molecule has 0 saturated carbocycles. The van der Waals surface area contributed by atoms with Crippen LogP contribution in [0.4, 0.5) is 5.69 Å². The van der Waals surface area contributed by atoms with Gasteiger partial charge in [0.2, 0.25) is 11.8 Å². The predicted octanol–water partition coefficient (Wildman–Crippen LogP) is 2.70. The van der Waals surface area contributed by atoms with Crippen LogP contribution >= 0.6 is 0 Å². The molecule has 0 atom stereocenters. The number of nitrogens with one attached hydrogen (secondary N) is 1. The average Bonchev–Trinajstić information content (AvgIpc) is 2.68. The van der Waals surface area contributed by atoms with Gasteiger partial charge in [-0.1, -0.05) is 0 Å². The molecule has 5 heteroatoms. The van der Waals surface area contributed by atoms with E-state index >= 15 is 0 Å². The van der Waals surface area contributed by atoms with Gasteiger partial charge in [-0.2, -0.15) is 0 Å². The molecule has 2 heterocycles. The Morgan fingerprint density at radius 1 is 1.33 bits per heavy atom. The number of anilines is 1. The highest BCUT2D eigenvalue weighted by molar-refractivity contribution is 5.41. The van der Waals surface area contributed by atoms with Crippen LogP contribution in [0.15, 0.2) is 22.7 Å². The summed E-state index contributed by atoms with van der Waals surface area (Å²) in [6.07, 6.45) is 1.73. The predicted molar refractivity (Wildman–Crippen MR) is 68.7 cm³/mol. The van der Waals surface area contributed by atoms with Crippen molar-refractivity contribution in [2.45, 2.75) is 27.3 Å². The number of nitrogens with zero attached hydrogens (tertiary/aromatic N) is 2. The fraction of sp³-hybridized carbons (Fsp3) is 0.385. The topological polar surface area (TPSA) is 60.2 Å². The van der Waals surface area contributed by atoms with Crippen LogP contribution in [-0.4, -0.2) is 16.6 Å². The molecule has 0 aliphatic heterocycles. The summed E-state index contributed by atoms with van der Waals surface area (Å²) in [4.78, 5) is 8.47.